The molecule has 0 saturated carbocycles. The van der Waals surface area contributed by atoms with Crippen LogP contribution in [-0.2, 0) is 0 Å². The Hall–Kier alpha value is -2.28. The molecule has 0 bridgehead atoms. The van der Waals surface area contributed by atoms with E-state index in [1.807, 2.05) is 0 Å². The lowest BCUT2D eigenvalue weighted by Gasteiger charge is -2.37. The molecule has 8 heteroatoms. The summed E-state index contributed by atoms with van der Waals surface area (Å²) in [5.74, 6) is -0.108. The number of carbonyl (C=O) groups is 1. The molecule has 1 fully saturated rings. The van der Waals surface area contributed by atoms with Crippen molar-refractivity contribution in [3.05, 3.63) is 56.8 Å². The van der Waals surface area contributed by atoms with Crippen molar-refractivity contribution < 1.29 is 18.8 Å². The number of hydrogen-bond donors (Lipinski definition) is 2. The van der Waals surface area contributed by atoms with Crippen molar-refractivity contribution in [3.63, 3.8) is 0 Å². The van der Waals surface area contributed by atoms with Crippen LogP contribution in [0.1, 0.15) is 36.1 Å². The second kappa shape index (κ2) is 6.08. The van der Waals surface area contributed by atoms with E-state index in [2.05, 4.69) is 5.16 Å². The smallest absolute Gasteiger partial charge is 0.407 e. The summed E-state index contributed by atoms with van der Waals surface area (Å²) >= 11 is 6.09. The summed E-state index contributed by atoms with van der Waals surface area (Å²) in [7, 11) is 0. The van der Waals surface area contributed by atoms with Crippen LogP contribution >= 0.6 is 11.6 Å². The van der Waals surface area contributed by atoms with Gasteiger partial charge in [-0.2, -0.15) is 5.16 Å². The number of nitrogens with one attached hydrogen (secondary N) is 1. The van der Waals surface area contributed by atoms with Gasteiger partial charge in [-0.3, -0.25) is 4.79 Å². The molecule has 0 aliphatic carbocycles. The van der Waals surface area contributed by atoms with Crippen LogP contribution in [0, 0.1) is 5.82 Å². The lowest BCUT2D eigenvalue weighted by Crippen LogP contribution is -2.39. The first-order chi connectivity index (χ1) is 11.0. The predicted octanol–water partition coefficient (Wildman–Crippen LogP) is 3.36. The first-order valence-electron chi connectivity index (χ1n) is 7.08. The molecule has 1 saturated heterocycles. The number of benzene rings is 1. The van der Waals surface area contributed by atoms with E-state index >= 15 is 0 Å². The molecule has 1 aromatic heterocycles. The normalized spacial score (nSPS) is 21.4. The molecule has 0 radical (unpaired) electrons. The zero-order chi connectivity index (χ0) is 16.6. The Labute approximate surface area is 135 Å². The van der Waals surface area contributed by atoms with Crippen molar-refractivity contribution in [2.24, 2.45) is 0 Å². The third kappa shape index (κ3) is 3.10. The van der Waals surface area contributed by atoms with Gasteiger partial charge in [-0.05, 0) is 30.5 Å². The lowest BCUT2D eigenvalue weighted by atomic mass is 9.86. The van der Waals surface area contributed by atoms with Crippen LogP contribution in [0.3, 0.4) is 0 Å². The van der Waals surface area contributed by atoms with Crippen LogP contribution in [0.15, 0.2) is 33.6 Å². The zero-order valence-electron chi connectivity index (χ0n) is 12.0. The third-order valence-electron chi connectivity index (χ3n) is 4.11. The van der Waals surface area contributed by atoms with Gasteiger partial charge in [-0.1, -0.05) is 17.7 Å². The van der Waals surface area contributed by atoms with Crippen LogP contribution < -0.4 is 5.56 Å². The third-order valence-corrected chi connectivity index (χ3v) is 4.44. The van der Waals surface area contributed by atoms with Gasteiger partial charge in [0.25, 0.3) is 5.56 Å². The quantitative estimate of drug-likeness (QED) is 0.877. The van der Waals surface area contributed by atoms with E-state index in [1.54, 1.807) is 0 Å². The average Bonchev–Trinajstić information content (AvgIpc) is 2.93. The molecule has 122 valence electrons. The first-order valence-corrected chi connectivity index (χ1v) is 7.46. The number of nitrogens with zero attached hydrogens (tertiary/aromatic N) is 1. The average molecular weight is 341 g/mol. The number of rotatable bonds is 2. The van der Waals surface area contributed by atoms with Crippen molar-refractivity contribution in [3.8, 4) is 0 Å². The molecular formula is C15H14ClFN2O4. The summed E-state index contributed by atoms with van der Waals surface area (Å²) in [6.45, 7) is 0.271. The Morgan fingerprint density at radius 1 is 1.43 bits per heavy atom. The summed E-state index contributed by atoms with van der Waals surface area (Å²) in [4.78, 5) is 24.0. The van der Waals surface area contributed by atoms with E-state index in [4.69, 9.17) is 16.1 Å². The number of aromatic amines is 1. The molecule has 1 aromatic carbocycles. The van der Waals surface area contributed by atoms with Crippen LogP contribution in [-0.4, -0.2) is 27.8 Å². The number of H-pyrrole nitrogens is 1. The highest BCUT2D eigenvalue weighted by Crippen LogP contribution is 2.41. The van der Waals surface area contributed by atoms with Gasteiger partial charge in [0.05, 0.1) is 6.04 Å². The lowest BCUT2D eigenvalue weighted by molar-refractivity contribution is 0.0968. The topological polar surface area (TPSA) is 86.5 Å². The van der Waals surface area contributed by atoms with Gasteiger partial charge < -0.3 is 14.5 Å². The van der Waals surface area contributed by atoms with Gasteiger partial charge in [-0.15, -0.1) is 0 Å². The molecule has 1 aliphatic heterocycles. The number of hydrogen-bond acceptors (Lipinski definition) is 3. The number of halogens is 2. The fourth-order valence-electron chi connectivity index (χ4n) is 3.02. The molecule has 2 aromatic rings. The Kier molecular flexibility index (Phi) is 4.12. The second-order valence-corrected chi connectivity index (χ2v) is 5.90. The first kappa shape index (κ1) is 15.6. The van der Waals surface area contributed by atoms with E-state index in [9.17, 15) is 19.1 Å². The van der Waals surface area contributed by atoms with Gasteiger partial charge >= 0.3 is 6.09 Å². The van der Waals surface area contributed by atoms with E-state index in [0.29, 0.717) is 24.2 Å². The molecular weight excluding hydrogens is 327 g/mol. The van der Waals surface area contributed by atoms with Crippen LogP contribution in [0.5, 0.6) is 0 Å². The molecule has 0 spiro atoms. The summed E-state index contributed by atoms with van der Waals surface area (Å²) in [6.07, 6.45) is -0.134. The fourth-order valence-corrected chi connectivity index (χ4v) is 3.31. The highest BCUT2D eigenvalue weighted by molar-refractivity contribution is 6.31. The van der Waals surface area contributed by atoms with Crippen molar-refractivity contribution in [2.75, 3.05) is 6.54 Å². The van der Waals surface area contributed by atoms with Crippen LogP contribution in [0.25, 0.3) is 0 Å². The standard InChI is InChI=1S/C15H14ClFN2O4/c16-11-6-9(17)1-2-10(11)12-5-8(3-4-19(12)15(21)22)13-7-14(20)18-23-13/h1-2,6-8,12H,3-5H2,(H,18,20)(H,21,22)/t8-,12+/m0/s1. The molecule has 2 heterocycles. The van der Waals surface area contributed by atoms with Crippen molar-refractivity contribution in [1.29, 1.82) is 0 Å². The van der Waals surface area contributed by atoms with Crippen molar-refractivity contribution >= 4 is 17.7 Å². The maximum atomic E-state index is 13.2. The SMILES string of the molecule is O=C(O)N1CC[C@H](c2cc(=O)[nH]o2)C[C@@H]1c1ccc(F)cc1Cl. The zero-order valence-corrected chi connectivity index (χ0v) is 12.7. The van der Waals surface area contributed by atoms with E-state index in [0.717, 1.165) is 6.07 Å². The minimum absolute atomic E-state index is 0.115. The van der Waals surface area contributed by atoms with Crippen molar-refractivity contribution in [1.82, 2.24) is 10.1 Å². The maximum Gasteiger partial charge on any atom is 0.407 e. The van der Waals surface area contributed by atoms with Gasteiger partial charge in [0.15, 0.2) is 0 Å². The largest absolute Gasteiger partial charge is 0.465 e. The second-order valence-electron chi connectivity index (χ2n) is 5.49. The highest BCUT2D eigenvalue weighted by atomic mass is 35.5. The molecule has 2 N–H and O–H groups in total. The molecule has 1 amide bonds. The summed E-state index contributed by atoms with van der Waals surface area (Å²) < 4.78 is 18.4. The predicted molar refractivity (Wildman–Crippen MR) is 80.2 cm³/mol. The molecule has 23 heavy (non-hydrogen) atoms. The molecule has 0 unspecified atom stereocenters. The number of piperidine rings is 1. The minimum Gasteiger partial charge on any atom is -0.465 e. The Bertz CT molecular complexity index is 788. The highest BCUT2D eigenvalue weighted by Gasteiger charge is 2.35. The summed E-state index contributed by atoms with van der Waals surface area (Å²) in [6, 6.07) is 4.75. The number of likely N-dealkylation sites (tertiary alicyclic amines) is 1. The van der Waals surface area contributed by atoms with Gasteiger partial charge in [0.1, 0.15) is 11.6 Å². The molecule has 6 nitrogen and oxygen atoms in total. The number of amides is 1. The Morgan fingerprint density at radius 3 is 2.83 bits per heavy atom. The van der Waals surface area contributed by atoms with Crippen molar-refractivity contribution in [2.45, 2.75) is 24.8 Å². The van der Waals surface area contributed by atoms with E-state index in [-0.39, 0.29) is 23.0 Å². The Morgan fingerprint density at radius 2 is 2.22 bits per heavy atom. The minimum atomic E-state index is -1.07. The monoisotopic (exact) mass is 340 g/mol. The van der Waals surface area contributed by atoms with Gasteiger partial charge in [-0.25, -0.2) is 9.18 Å². The van der Waals surface area contributed by atoms with E-state index < -0.39 is 18.0 Å². The fraction of sp³-hybridized carbons (Fsp3) is 0.333. The maximum absolute atomic E-state index is 13.2. The number of carboxylic acid groups (broad SMARTS) is 1. The summed E-state index contributed by atoms with van der Waals surface area (Å²) in [5, 5.41) is 11.8. The molecule has 2 atom stereocenters. The molecule has 1 aliphatic rings. The van der Waals surface area contributed by atoms with E-state index in [1.165, 1.54) is 23.1 Å². The van der Waals surface area contributed by atoms with Crippen LogP contribution in [0.2, 0.25) is 5.02 Å². The molecule has 3 rings (SSSR count). The van der Waals surface area contributed by atoms with Crippen LogP contribution in [0.4, 0.5) is 9.18 Å². The number of aromatic nitrogens is 1. The summed E-state index contributed by atoms with van der Waals surface area (Å²) in [5.41, 5.74) is 0.204. The Balaban J connectivity index is 1.94. The van der Waals surface area contributed by atoms with Gasteiger partial charge in [0.2, 0.25) is 0 Å². The van der Waals surface area contributed by atoms with Gasteiger partial charge in [0, 0.05) is 23.6 Å².